The van der Waals surface area contributed by atoms with Crippen molar-refractivity contribution >= 4 is 11.3 Å². The van der Waals surface area contributed by atoms with Gasteiger partial charge in [-0.2, -0.15) is 18.3 Å². The molecule has 0 aliphatic heterocycles. The maximum absolute atomic E-state index is 12.3. The number of aromatic amines is 1. The summed E-state index contributed by atoms with van der Waals surface area (Å²) in [5.74, 6) is 0. The summed E-state index contributed by atoms with van der Waals surface area (Å²) in [5, 5.41) is 6.25. The predicted octanol–water partition coefficient (Wildman–Crippen LogP) is 2.52. The molecule has 1 N–H and O–H groups in total. The largest absolute Gasteiger partial charge is 0.416 e. The van der Waals surface area contributed by atoms with Gasteiger partial charge in [-0.1, -0.05) is 23.5 Å². The lowest BCUT2D eigenvalue weighted by Crippen LogP contribution is -2.03. The summed E-state index contributed by atoms with van der Waals surface area (Å²) in [4.78, 5) is 10.5. The highest BCUT2D eigenvalue weighted by Crippen LogP contribution is 2.30. The first-order valence-electron chi connectivity index (χ1n) is 4.20. The number of hydrogen-bond acceptors (Lipinski definition) is 3. The lowest BCUT2D eigenvalue weighted by atomic mass is 10.1. The minimum Gasteiger partial charge on any atom is -0.255 e. The van der Waals surface area contributed by atoms with Crippen LogP contribution in [0.15, 0.2) is 29.1 Å². The molecule has 16 heavy (non-hydrogen) atoms. The summed E-state index contributed by atoms with van der Waals surface area (Å²) in [6.07, 6.45) is -4.35. The molecule has 7 heteroatoms. The Bertz CT molecular complexity index is 541. The lowest BCUT2D eigenvalue weighted by molar-refractivity contribution is -0.137. The molecule has 2 rings (SSSR count). The van der Waals surface area contributed by atoms with Crippen LogP contribution in [0, 0.1) is 0 Å². The monoisotopic (exact) mass is 246 g/mol. The van der Waals surface area contributed by atoms with Crippen molar-refractivity contribution in [1.82, 2.24) is 10.2 Å². The molecule has 0 saturated heterocycles. The molecular weight excluding hydrogens is 241 g/mol. The van der Waals surface area contributed by atoms with Crippen molar-refractivity contribution in [2.45, 2.75) is 6.18 Å². The van der Waals surface area contributed by atoms with Crippen LogP contribution in [-0.4, -0.2) is 10.2 Å². The Morgan fingerprint density at radius 3 is 2.25 bits per heavy atom. The first-order chi connectivity index (χ1) is 7.47. The van der Waals surface area contributed by atoms with Crippen LogP contribution in [0.4, 0.5) is 13.2 Å². The van der Waals surface area contributed by atoms with Gasteiger partial charge in [0.05, 0.1) is 5.56 Å². The van der Waals surface area contributed by atoms with Gasteiger partial charge < -0.3 is 0 Å². The topological polar surface area (TPSA) is 45.8 Å². The Balaban J connectivity index is 2.36. The minimum absolute atomic E-state index is 0.338. The van der Waals surface area contributed by atoms with Gasteiger partial charge in [-0.15, -0.1) is 0 Å². The van der Waals surface area contributed by atoms with Crippen molar-refractivity contribution in [3.8, 4) is 10.6 Å². The van der Waals surface area contributed by atoms with Crippen LogP contribution in [-0.2, 0) is 6.18 Å². The molecular formula is C9H5F3N2OS. The molecule has 0 atom stereocenters. The van der Waals surface area contributed by atoms with Crippen molar-refractivity contribution in [2.75, 3.05) is 0 Å². The van der Waals surface area contributed by atoms with Crippen LogP contribution >= 0.6 is 11.3 Å². The maximum atomic E-state index is 12.3. The van der Waals surface area contributed by atoms with Gasteiger partial charge in [0.25, 0.3) is 0 Å². The van der Waals surface area contributed by atoms with Crippen LogP contribution in [0.1, 0.15) is 5.56 Å². The van der Waals surface area contributed by atoms with Crippen LogP contribution in [0.5, 0.6) is 0 Å². The van der Waals surface area contributed by atoms with Crippen molar-refractivity contribution in [3.63, 3.8) is 0 Å². The molecule has 0 unspecified atom stereocenters. The molecule has 1 aromatic heterocycles. The highest BCUT2D eigenvalue weighted by Gasteiger charge is 2.30. The van der Waals surface area contributed by atoms with Gasteiger partial charge in [0.15, 0.2) is 0 Å². The molecule has 0 bridgehead atoms. The third-order valence-electron chi connectivity index (χ3n) is 1.90. The van der Waals surface area contributed by atoms with E-state index in [2.05, 4.69) is 10.2 Å². The number of rotatable bonds is 1. The van der Waals surface area contributed by atoms with Crippen LogP contribution in [0.25, 0.3) is 10.6 Å². The summed E-state index contributed by atoms with van der Waals surface area (Å²) < 4.78 is 36.8. The van der Waals surface area contributed by atoms with Gasteiger partial charge in [-0.05, 0) is 12.1 Å². The van der Waals surface area contributed by atoms with Crippen molar-refractivity contribution in [3.05, 3.63) is 39.5 Å². The summed E-state index contributed by atoms with van der Waals surface area (Å²) in [6, 6.07) is 4.49. The average Bonchev–Trinajstić information content (AvgIpc) is 2.64. The fourth-order valence-electron chi connectivity index (χ4n) is 1.16. The molecule has 0 aliphatic rings. The number of benzene rings is 1. The zero-order valence-corrected chi connectivity index (χ0v) is 8.52. The van der Waals surface area contributed by atoms with E-state index in [1.54, 1.807) is 0 Å². The molecule has 84 valence electrons. The quantitative estimate of drug-likeness (QED) is 0.840. The SMILES string of the molecule is O=c1[nH]nc(-c2ccc(C(F)(F)F)cc2)s1. The zero-order valence-electron chi connectivity index (χ0n) is 7.71. The Hall–Kier alpha value is -1.63. The fraction of sp³-hybridized carbons (Fsp3) is 0.111. The van der Waals surface area contributed by atoms with E-state index in [9.17, 15) is 18.0 Å². The first kappa shape index (κ1) is 10.9. The van der Waals surface area contributed by atoms with E-state index in [0.29, 0.717) is 10.6 Å². The van der Waals surface area contributed by atoms with Crippen LogP contribution in [0.3, 0.4) is 0 Å². The number of hydrogen-bond donors (Lipinski definition) is 1. The average molecular weight is 246 g/mol. The van der Waals surface area contributed by atoms with E-state index in [1.165, 1.54) is 12.1 Å². The standard InChI is InChI=1S/C9H5F3N2OS/c10-9(11,12)6-3-1-5(2-4-6)7-13-14-8(15)16-7/h1-4H,(H,14,15). The van der Waals surface area contributed by atoms with Crippen molar-refractivity contribution in [2.24, 2.45) is 0 Å². The minimum atomic E-state index is -4.35. The summed E-state index contributed by atoms with van der Waals surface area (Å²) >= 11 is 0.851. The third kappa shape index (κ3) is 2.13. The van der Waals surface area contributed by atoms with E-state index in [1.807, 2.05) is 0 Å². The number of nitrogens with one attached hydrogen (secondary N) is 1. The second-order valence-corrected chi connectivity index (χ2v) is 3.96. The van der Waals surface area contributed by atoms with Crippen molar-refractivity contribution < 1.29 is 13.2 Å². The smallest absolute Gasteiger partial charge is 0.255 e. The van der Waals surface area contributed by atoms with Gasteiger partial charge in [0.2, 0.25) is 0 Å². The van der Waals surface area contributed by atoms with E-state index in [0.717, 1.165) is 23.5 Å². The van der Waals surface area contributed by atoms with Gasteiger partial charge in [0, 0.05) is 5.56 Å². The maximum Gasteiger partial charge on any atom is 0.416 e. The molecule has 1 aromatic carbocycles. The normalized spacial score (nSPS) is 11.7. The molecule has 0 amide bonds. The molecule has 1 heterocycles. The fourth-order valence-corrected chi connectivity index (χ4v) is 1.77. The predicted molar refractivity (Wildman–Crippen MR) is 53.2 cm³/mol. The number of aromatic nitrogens is 2. The highest BCUT2D eigenvalue weighted by molar-refractivity contribution is 7.12. The number of nitrogens with zero attached hydrogens (tertiary/aromatic N) is 1. The number of H-pyrrole nitrogens is 1. The van der Waals surface area contributed by atoms with Crippen molar-refractivity contribution in [1.29, 1.82) is 0 Å². The second-order valence-electron chi connectivity index (χ2n) is 2.99. The van der Waals surface area contributed by atoms with Gasteiger partial charge in [-0.3, -0.25) is 4.79 Å². The van der Waals surface area contributed by atoms with E-state index in [-0.39, 0.29) is 4.87 Å². The molecule has 2 aromatic rings. The first-order valence-corrected chi connectivity index (χ1v) is 5.01. The summed E-state index contributed by atoms with van der Waals surface area (Å²) in [7, 11) is 0. The van der Waals surface area contributed by atoms with E-state index in [4.69, 9.17) is 0 Å². The molecule has 3 nitrogen and oxygen atoms in total. The molecule has 0 fully saturated rings. The molecule has 0 spiro atoms. The van der Waals surface area contributed by atoms with Gasteiger partial charge >= 0.3 is 11.0 Å². The van der Waals surface area contributed by atoms with Crippen LogP contribution < -0.4 is 4.87 Å². The Labute approximate surface area is 91.6 Å². The van der Waals surface area contributed by atoms with Gasteiger partial charge in [-0.25, -0.2) is 5.10 Å². The molecule has 0 aliphatic carbocycles. The summed E-state index contributed by atoms with van der Waals surface area (Å²) in [6.45, 7) is 0. The summed E-state index contributed by atoms with van der Waals surface area (Å²) in [5.41, 5.74) is -0.240. The molecule has 0 saturated carbocycles. The van der Waals surface area contributed by atoms with Crippen LogP contribution in [0.2, 0.25) is 0 Å². The molecule has 0 radical (unpaired) electrons. The number of halogens is 3. The second kappa shape index (κ2) is 3.75. The third-order valence-corrected chi connectivity index (χ3v) is 2.69. The highest BCUT2D eigenvalue weighted by atomic mass is 32.1. The van der Waals surface area contributed by atoms with E-state index >= 15 is 0 Å². The zero-order chi connectivity index (χ0) is 11.8. The number of alkyl halides is 3. The van der Waals surface area contributed by atoms with Gasteiger partial charge in [0.1, 0.15) is 5.01 Å². The lowest BCUT2D eigenvalue weighted by Gasteiger charge is -2.05. The Morgan fingerprint density at radius 1 is 1.19 bits per heavy atom. The Kier molecular flexibility index (Phi) is 2.55. The Morgan fingerprint density at radius 2 is 1.81 bits per heavy atom. The van der Waals surface area contributed by atoms with E-state index < -0.39 is 11.7 Å².